The summed E-state index contributed by atoms with van der Waals surface area (Å²) in [6, 6.07) is 8.68. The van der Waals surface area contributed by atoms with E-state index in [1.165, 1.54) is 11.1 Å². The van der Waals surface area contributed by atoms with Crippen molar-refractivity contribution in [3.05, 3.63) is 35.4 Å². The number of hydrogen-bond acceptors (Lipinski definition) is 2. The van der Waals surface area contributed by atoms with E-state index in [-0.39, 0.29) is 6.29 Å². The molecule has 1 aliphatic heterocycles. The van der Waals surface area contributed by atoms with Crippen molar-refractivity contribution in [2.24, 2.45) is 5.92 Å². The van der Waals surface area contributed by atoms with Crippen molar-refractivity contribution in [1.29, 1.82) is 0 Å². The van der Waals surface area contributed by atoms with Gasteiger partial charge in [-0.05, 0) is 17.5 Å². The highest BCUT2D eigenvalue weighted by Gasteiger charge is 2.47. The Morgan fingerprint density at radius 1 is 1.33 bits per heavy atom. The third-order valence-electron chi connectivity index (χ3n) is 3.77. The van der Waals surface area contributed by atoms with E-state index in [4.69, 9.17) is 9.47 Å². The lowest BCUT2D eigenvalue weighted by molar-refractivity contribution is -0.128. The second-order valence-corrected chi connectivity index (χ2v) is 4.57. The predicted molar refractivity (Wildman–Crippen MR) is 57.7 cm³/mol. The molecule has 0 saturated carbocycles. The first-order chi connectivity index (χ1) is 7.31. The first-order valence-corrected chi connectivity index (χ1v) is 5.57. The maximum atomic E-state index is 5.91. The molecule has 1 fully saturated rings. The van der Waals surface area contributed by atoms with Crippen LogP contribution in [0.25, 0.3) is 0 Å². The van der Waals surface area contributed by atoms with E-state index in [0.29, 0.717) is 17.9 Å². The van der Waals surface area contributed by atoms with Crippen molar-refractivity contribution in [2.45, 2.75) is 31.7 Å². The van der Waals surface area contributed by atoms with E-state index in [0.717, 1.165) is 6.42 Å². The van der Waals surface area contributed by atoms with Gasteiger partial charge in [0.15, 0.2) is 6.29 Å². The molecule has 15 heavy (non-hydrogen) atoms. The molecule has 1 aliphatic carbocycles. The highest BCUT2D eigenvalue weighted by atomic mass is 16.7. The molecular weight excluding hydrogens is 188 g/mol. The van der Waals surface area contributed by atoms with Crippen LogP contribution in [0, 0.1) is 5.92 Å². The maximum Gasteiger partial charge on any atom is 0.160 e. The summed E-state index contributed by atoms with van der Waals surface area (Å²) in [5.41, 5.74) is 2.92. The van der Waals surface area contributed by atoms with Crippen molar-refractivity contribution in [1.82, 2.24) is 0 Å². The minimum Gasteiger partial charge on any atom is -0.356 e. The van der Waals surface area contributed by atoms with E-state index in [1.807, 2.05) is 0 Å². The Morgan fingerprint density at radius 2 is 2.13 bits per heavy atom. The number of fused-ring (bicyclic) bond motifs is 3. The molecule has 4 atom stereocenters. The zero-order chi connectivity index (χ0) is 10.4. The molecule has 80 valence electrons. The van der Waals surface area contributed by atoms with Crippen LogP contribution in [0.1, 0.15) is 24.0 Å². The van der Waals surface area contributed by atoms with E-state index in [9.17, 15) is 0 Å². The maximum absolute atomic E-state index is 5.91. The van der Waals surface area contributed by atoms with Crippen molar-refractivity contribution >= 4 is 0 Å². The number of methoxy groups -OCH3 is 1. The van der Waals surface area contributed by atoms with Crippen LogP contribution in [-0.4, -0.2) is 19.5 Å². The molecule has 2 aliphatic rings. The first-order valence-electron chi connectivity index (χ1n) is 5.57. The van der Waals surface area contributed by atoms with E-state index >= 15 is 0 Å². The Kier molecular flexibility index (Phi) is 2.08. The highest BCUT2D eigenvalue weighted by molar-refractivity contribution is 5.38. The molecule has 1 aromatic rings. The smallest absolute Gasteiger partial charge is 0.160 e. The second-order valence-electron chi connectivity index (χ2n) is 4.57. The normalized spacial score (nSPS) is 37.7. The van der Waals surface area contributed by atoms with Gasteiger partial charge in [0.05, 0.1) is 6.10 Å². The van der Waals surface area contributed by atoms with Crippen molar-refractivity contribution < 1.29 is 9.47 Å². The third-order valence-corrected chi connectivity index (χ3v) is 3.77. The number of ether oxygens (including phenoxy) is 2. The minimum absolute atomic E-state index is 0.0200. The third kappa shape index (κ3) is 1.25. The average Bonchev–Trinajstić information content (AvgIpc) is 2.75. The van der Waals surface area contributed by atoms with Crippen LogP contribution in [0.2, 0.25) is 0 Å². The molecule has 0 amide bonds. The Labute approximate surface area is 90.2 Å². The Bertz CT molecular complexity index is 373. The summed E-state index contributed by atoms with van der Waals surface area (Å²) >= 11 is 0. The van der Waals surface area contributed by atoms with Gasteiger partial charge in [0.1, 0.15) is 0 Å². The molecule has 0 radical (unpaired) electrons. The van der Waals surface area contributed by atoms with E-state index < -0.39 is 0 Å². The molecule has 3 rings (SSSR count). The quantitative estimate of drug-likeness (QED) is 0.699. The zero-order valence-corrected chi connectivity index (χ0v) is 9.14. The second kappa shape index (κ2) is 3.32. The van der Waals surface area contributed by atoms with Gasteiger partial charge in [-0.15, -0.1) is 0 Å². The summed E-state index contributed by atoms with van der Waals surface area (Å²) < 4.78 is 11.3. The summed E-state index contributed by atoms with van der Waals surface area (Å²) in [7, 11) is 1.73. The fourth-order valence-electron chi connectivity index (χ4n) is 3.08. The van der Waals surface area contributed by atoms with Crippen molar-refractivity contribution in [2.75, 3.05) is 7.11 Å². The summed E-state index contributed by atoms with van der Waals surface area (Å²) in [6.45, 7) is 2.22. The van der Waals surface area contributed by atoms with Crippen LogP contribution in [0.4, 0.5) is 0 Å². The standard InChI is InChI=1S/C13H16O2/c1-8-12-10-6-4-3-5-9(10)7-11(12)15-13(8)14-2/h3-6,8,11-13H,7H2,1-2H3/t8-,11+,12-,13+/m0/s1. The Balaban J connectivity index is 1.97. The Morgan fingerprint density at radius 3 is 2.93 bits per heavy atom. The van der Waals surface area contributed by atoms with Gasteiger partial charge in [0.25, 0.3) is 0 Å². The zero-order valence-electron chi connectivity index (χ0n) is 9.14. The van der Waals surface area contributed by atoms with Crippen molar-refractivity contribution in [3.63, 3.8) is 0 Å². The van der Waals surface area contributed by atoms with Crippen molar-refractivity contribution in [3.8, 4) is 0 Å². The number of benzene rings is 1. The molecule has 2 nitrogen and oxygen atoms in total. The summed E-state index contributed by atoms with van der Waals surface area (Å²) in [5, 5.41) is 0. The topological polar surface area (TPSA) is 18.5 Å². The summed E-state index contributed by atoms with van der Waals surface area (Å²) in [5.74, 6) is 0.995. The molecule has 1 heterocycles. The van der Waals surface area contributed by atoms with Crippen LogP contribution < -0.4 is 0 Å². The van der Waals surface area contributed by atoms with Gasteiger partial charge in [0, 0.05) is 18.9 Å². The van der Waals surface area contributed by atoms with Gasteiger partial charge in [-0.25, -0.2) is 0 Å². The van der Waals surface area contributed by atoms with Gasteiger partial charge < -0.3 is 9.47 Å². The molecule has 0 unspecified atom stereocenters. The van der Waals surface area contributed by atoms with Gasteiger partial charge in [-0.1, -0.05) is 31.2 Å². The minimum atomic E-state index is -0.0200. The first kappa shape index (κ1) is 9.37. The largest absolute Gasteiger partial charge is 0.356 e. The Hall–Kier alpha value is -0.860. The summed E-state index contributed by atoms with van der Waals surface area (Å²) in [6.07, 6.45) is 1.36. The van der Waals surface area contributed by atoms with Crippen LogP contribution in [-0.2, 0) is 15.9 Å². The monoisotopic (exact) mass is 204 g/mol. The molecule has 0 bridgehead atoms. The molecule has 1 saturated heterocycles. The van der Waals surface area contributed by atoms with Gasteiger partial charge in [-0.2, -0.15) is 0 Å². The van der Waals surface area contributed by atoms with E-state index in [1.54, 1.807) is 7.11 Å². The van der Waals surface area contributed by atoms with E-state index in [2.05, 4.69) is 31.2 Å². The lowest BCUT2D eigenvalue weighted by Gasteiger charge is -2.17. The molecule has 0 N–H and O–H groups in total. The lowest BCUT2D eigenvalue weighted by Crippen LogP contribution is -2.18. The van der Waals surface area contributed by atoms with Crippen LogP contribution in [0.3, 0.4) is 0 Å². The number of rotatable bonds is 1. The van der Waals surface area contributed by atoms with Crippen LogP contribution >= 0.6 is 0 Å². The summed E-state index contributed by atoms with van der Waals surface area (Å²) in [4.78, 5) is 0. The SMILES string of the molecule is CO[C@@H]1O[C@@H]2Cc3ccccc3[C@@H]2[C@@H]1C. The average molecular weight is 204 g/mol. The molecule has 0 spiro atoms. The highest BCUT2D eigenvalue weighted by Crippen LogP contribution is 2.47. The van der Waals surface area contributed by atoms with Crippen LogP contribution in [0.15, 0.2) is 24.3 Å². The van der Waals surface area contributed by atoms with Gasteiger partial charge in [0.2, 0.25) is 0 Å². The van der Waals surface area contributed by atoms with Gasteiger partial charge in [-0.3, -0.25) is 0 Å². The molecule has 1 aromatic carbocycles. The number of hydrogen-bond donors (Lipinski definition) is 0. The fourth-order valence-corrected chi connectivity index (χ4v) is 3.08. The molecule has 0 aromatic heterocycles. The van der Waals surface area contributed by atoms with Crippen LogP contribution in [0.5, 0.6) is 0 Å². The molecular formula is C13H16O2. The predicted octanol–water partition coefficient (Wildman–Crippen LogP) is 2.33. The lowest BCUT2D eigenvalue weighted by atomic mass is 9.89. The fraction of sp³-hybridized carbons (Fsp3) is 0.538. The molecule has 2 heteroatoms. The van der Waals surface area contributed by atoms with Gasteiger partial charge >= 0.3 is 0 Å².